The number of pyridine rings is 1. The molecule has 2 aromatic carbocycles. The molecular formula is C18H14BrN3O2. The van der Waals surface area contributed by atoms with E-state index in [1.54, 1.807) is 26.4 Å². The number of nitrogens with zero attached hydrogens (tertiary/aromatic N) is 2. The maximum absolute atomic E-state index is 9.49. The zero-order valence-electron chi connectivity index (χ0n) is 13.1. The molecule has 24 heavy (non-hydrogen) atoms. The SMILES string of the molecule is COc1ccc(OC)c2c(Nc3cccc(Br)c3)c(C#N)cnc12. The predicted octanol–water partition coefficient (Wildman–Crippen LogP) is 4.63. The minimum atomic E-state index is 0.425. The molecule has 0 spiro atoms. The zero-order valence-corrected chi connectivity index (χ0v) is 14.7. The number of halogens is 1. The number of aromatic nitrogens is 1. The lowest BCUT2D eigenvalue weighted by atomic mass is 10.1. The fraction of sp³-hybridized carbons (Fsp3) is 0.111. The molecule has 0 amide bonds. The van der Waals surface area contributed by atoms with Gasteiger partial charge in [-0.3, -0.25) is 4.98 Å². The minimum absolute atomic E-state index is 0.425. The van der Waals surface area contributed by atoms with E-state index in [1.807, 2.05) is 24.3 Å². The van der Waals surface area contributed by atoms with E-state index in [1.165, 1.54) is 6.20 Å². The molecule has 3 aromatic rings. The van der Waals surface area contributed by atoms with Crippen LogP contribution in [0.2, 0.25) is 0 Å². The lowest BCUT2D eigenvalue weighted by Gasteiger charge is -2.15. The van der Waals surface area contributed by atoms with Gasteiger partial charge >= 0.3 is 0 Å². The first-order valence-corrected chi connectivity index (χ1v) is 7.93. The van der Waals surface area contributed by atoms with Crippen molar-refractivity contribution < 1.29 is 9.47 Å². The molecule has 0 bridgehead atoms. The molecule has 120 valence electrons. The van der Waals surface area contributed by atoms with Gasteiger partial charge in [0.05, 0.1) is 30.9 Å². The second kappa shape index (κ2) is 6.77. The van der Waals surface area contributed by atoms with Crippen LogP contribution in [0.4, 0.5) is 11.4 Å². The highest BCUT2D eigenvalue weighted by atomic mass is 79.9. The van der Waals surface area contributed by atoms with E-state index in [9.17, 15) is 5.26 Å². The van der Waals surface area contributed by atoms with Crippen molar-refractivity contribution >= 4 is 38.2 Å². The second-order valence-electron chi connectivity index (χ2n) is 4.99. The molecule has 0 saturated carbocycles. The normalized spacial score (nSPS) is 10.2. The van der Waals surface area contributed by atoms with Gasteiger partial charge < -0.3 is 14.8 Å². The van der Waals surface area contributed by atoms with E-state index in [0.717, 1.165) is 10.2 Å². The van der Waals surface area contributed by atoms with E-state index in [-0.39, 0.29) is 0 Å². The Hall–Kier alpha value is -2.78. The first kappa shape index (κ1) is 16.1. The Balaban J connectivity index is 2.29. The van der Waals surface area contributed by atoms with Crippen LogP contribution in [-0.2, 0) is 0 Å². The van der Waals surface area contributed by atoms with Gasteiger partial charge in [0.25, 0.3) is 0 Å². The third-order valence-corrected chi connectivity index (χ3v) is 4.09. The van der Waals surface area contributed by atoms with Crippen molar-refractivity contribution in [3.8, 4) is 17.6 Å². The largest absolute Gasteiger partial charge is 0.496 e. The van der Waals surface area contributed by atoms with Crippen LogP contribution in [0.15, 0.2) is 47.1 Å². The van der Waals surface area contributed by atoms with E-state index >= 15 is 0 Å². The molecule has 6 heteroatoms. The van der Waals surface area contributed by atoms with Crippen molar-refractivity contribution in [2.75, 3.05) is 19.5 Å². The smallest absolute Gasteiger partial charge is 0.145 e. The third-order valence-electron chi connectivity index (χ3n) is 3.60. The molecule has 0 aliphatic rings. The van der Waals surface area contributed by atoms with Crippen molar-refractivity contribution in [1.29, 1.82) is 5.26 Å². The van der Waals surface area contributed by atoms with Gasteiger partial charge in [-0.15, -0.1) is 0 Å². The average molecular weight is 384 g/mol. The summed E-state index contributed by atoms with van der Waals surface area (Å²) >= 11 is 3.45. The molecule has 3 rings (SSSR count). The summed E-state index contributed by atoms with van der Waals surface area (Å²) in [4.78, 5) is 4.37. The van der Waals surface area contributed by atoms with Crippen molar-refractivity contribution in [3.05, 3.63) is 52.6 Å². The summed E-state index contributed by atoms with van der Waals surface area (Å²) in [5.74, 6) is 1.24. The molecule has 0 fully saturated rings. The van der Waals surface area contributed by atoms with Gasteiger partial charge in [0.15, 0.2) is 0 Å². The number of hydrogen-bond donors (Lipinski definition) is 1. The highest BCUT2D eigenvalue weighted by molar-refractivity contribution is 9.10. The van der Waals surface area contributed by atoms with Crippen molar-refractivity contribution in [3.63, 3.8) is 0 Å². The molecular weight excluding hydrogens is 370 g/mol. The maximum atomic E-state index is 9.49. The van der Waals surface area contributed by atoms with Crippen LogP contribution < -0.4 is 14.8 Å². The van der Waals surface area contributed by atoms with Crippen LogP contribution in [0.1, 0.15) is 5.56 Å². The van der Waals surface area contributed by atoms with E-state index < -0.39 is 0 Å². The number of methoxy groups -OCH3 is 2. The first-order chi connectivity index (χ1) is 11.7. The maximum Gasteiger partial charge on any atom is 0.145 e. The van der Waals surface area contributed by atoms with Crippen LogP contribution in [0.25, 0.3) is 10.9 Å². The summed E-state index contributed by atoms with van der Waals surface area (Å²) in [7, 11) is 3.17. The Morgan fingerprint density at radius 2 is 1.88 bits per heavy atom. The Bertz CT molecular complexity index is 951. The van der Waals surface area contributed by atoms with Crippen LogP contribution in [0.5, 0.6) is 11.5 Å². The van der Waals surface area contributed by atoms with Gasteiger partial charge in [-0.2, -0.15) is 5.26 Å². The van der Waals surface area contributed by atoms with E-state index in [2.05, 4.69) is 32.3 Å². The third kappa shape index (κ3) is 2.86. The van der Waals surface area contributed by atoms with Gasteiger partial charge in [0.2, 0.25) is 0 Å². The van der Waals surface area contributed by atoms with Crippen LogP contribution in [-0.4, -0.2) is 19.2 Å². The van der Waals surface area contributed by atoms with E-state index in [0.29, 0.717) is 33.7 Å². The lowest BCUT2D eigenvalue weighted by molar-refractivity contribution is 0.410. The number of nitriles is 1. The topological polar surface area (TPSA) is 67.2 Å². The van der Waals surface area contributed by atoms with Crippen molar-refractivity contribution in [2.24, 2.45) is 0 Å². The van der Waals surface area contributed by atoms with E-state index in [4.69, 9.17) is 9.47 Å². The highest BCUT2D eigenvalue weighted by Crippen LogP contribution is 2.39. The molecule has 1 N–H and O–H groups in total. The molecule has 0 unspecified atom stereocenters. The molecule has 0 aliphatic carbocycles. The number of hydrogen-bond acceptors (Lipinski definition) is 5. The summed E-state index contributed by atoms with van der Waals surface area (Å²) in [6.45, 7) is 0. The number of anilines is 2. The summed E-state index contributed by atoms with van der Waals surface area (Å²) in [6.07, 6.45) is 1.53. The summed E-state index contributed by atoms with van der Waals surface area (Å²) in [5, 5.41) is 13.5. The summed E-state index contributed by atoms with van der Waals surface area (Å²) in [6, 6.07) is 13.5. The Morgan fingerprint density at radius 3 is 2.54 bits per heavy atom. The van der Waals surface area contributed by atoms with Gasteiger partial charge in [0, 0.05) is 16.4 Å². The summed E-state index contributed by atoms with van der Waals surface area (Å²) < 4.78 is 11.8. The molecule has 0 atom stereocenters. The van der Waals surface area contributed by atoms with Crippen LogP contribution in [0.3, 0.4) is 0 Å². The second-order valence-corrected chi connectivity index (χ2v) is 5.90. The monoisotopic (exact) mass is 383 g/mol. The van der Waals surface area contributed by atoms with Gasteiger partial charge in [-0.05, 0) is 30.3 Å². The zero-order chi connectivity index (χ0) is 17.1. The minimum Gasteiger partial charge on any atom is -0.496 e. The van der Waals surface area contributed by atoms with Crippen LogP contribution in [0, 0.1) is 11.3 Å². The molecule has 1 heterocycles. The van der Waals surface area contributed by atoms with Gasteiger partial charge in [0.1, 0.15) is 23.1 Å². The molecule has 5 nitrogen and oxygen atoms in total. The quantitative estimate of drug-likeness (QED) is 0.711. The van der Waals surface area contributed by atoms with Crippen molar-refractivity contribution in [2.45, 2.75) is 0 Å². The lowest BCUT2D eigenvalue weighted by Crippen LogP contribution is -2.00. The fourth-order valence-electron chi connectivity index (χ4n) is 2.51. The number of fused-ring (bicyclic) bond motifs is 1. The Labute approximate surface area is 148 Å². The molecule has 0 saturated heterocycles. The number of nitrogens with one attached hydrogen (secondary N) is 1. The predicted molar refractivity (Wildman–Crippen MR) is 97.0 cm³/mol. The molecule has 0 radical (unpaired) electrons. The van der Waals surface area contributed by atoms with Crippen LogP contribution >= 0.6 is 15.9 Å². The fourth-order valence-corrected chi connectivity index (χ4v) is 2.91. The Morgan fingerprint density at radius 1 is 1.12 bits per heavy atom. The van der Waals surface area contributed by atoms with Gasteiger partial charge in [-0.25, -0.2) is 0 Å². The van der Waals surface area contributed by atoms with Gasteiger partial charge in [-0.1, -0.05) is 22.0 Å². The standard InChI is InChI=1S/C18H14BrN3O2/c1-23-14-6-7-15(24-2)18-16(14)17(11(9-20)10-21-18)22-13-5-3-4-12(19)8-13/h3-8,10H,1-2H3,(H,21,22). The number of benzene rings is 2. The first-order valence-electron chi connectivity index (χ1n) is 7.14. The Kier molecular flexibility index (Phi) is 4.54. The molecule has 1 aromatic heterocycles. The molecule has 0 aliphatic heterocycles. The number of ether oxygens (including phenoxy) is 2. The highest BCUT2D eigenvalue weighted by Gasteiger charge is 2.17. The summed E-state index contributed by atoms with van der Waals surface area (Å²) in [5.41, 5.74) is 2.54. The number of rotatable bonds is 4. The average Bonchev–Trinajstić information content (AvgIpc) is 2.61. The van der Waals surface area contributed by atoms with Crippen molar-refractivity contribution in [1.82, 2.24) is 4.98 Å².